The number of hydrogen-bond donors (Lipinski definition) is 2. The van der Waals surface area contributed by atoms with Gasteiger partial charge in [0.05, 0.1) is 12.8 Å². The minimum Gasteiger partial charge on any atom is -0.504 e. The Balaban J connectivity index is 2.09. The summed E-state index contributed by atoms with van der Waals surface area (Å²) in [7, 11) is 1.39. The molecule has 1 saturated heterocycles. The molecule has 4 amide bonds. The van der Waals surface area contributed by atoms with Gasteiger partial charge in [0.25, 0.3) is 11.8 Å². The van der Waals surface area contributed by atoms with Crippen LogP contribution in [0, 0.1) is 13.8 Å². The number of rotatable bonds is 3. The first-order valence-electron chi connectivity index (χ1n) is 8.27. The number of carbonyl (C=O) groups is 3. The van der Waals surface area contributed by atoms with Gasteiger partial charge in [0.15, 0.2) is 11.5 Å². The number of aromatic hydroxyl groups is 1. The van der Waals surface area contributed by atoms with Crippen molar-refractivity contribution in [2.45, 2.75) is 13.8 Å². The van der Waals surface area contributed by atoms with Crippen molar-refractivity contribution in [1.82, 2.24) is 5.32 Å². The van der Waals surface area contributed by atoms with Gasteiger partial charge < -0.3 is 9.84 Å². The van der Waals surface area contributed by atoms with Crippen LogP contribution in [-0.4, -0.2) is 30.1 Å². The zero-order valence-corrected chi connectivity index (χ0v) is 17.0. The lowest BCUT2D eigenvalue weighted by Crippen LogP contribution is -2.54. The number of methoxy groups -OCH3 is 1. The van der Waals surface area contributed by atoms with Crippen LogP contribution >= 0.6 is 15.9 Å². The van der Waals surface area contributed by atoms with Crippen molar-refractivity contribution in [3.8, 4) is 11.5 Å². The maximum absolute atomic E-state index is 13.0. The molecule has 1 aliphatic heterocycles. The Labute approximate surface area is 169 Å². The number of anilines is 1. The Morgan fingerprint density at radius 1 is 1.07 bits per heavy atom. The molecule has 144 valence electrons. The molecule has 0 aromatic heterocycles. The van der Waals surface area contributed by atoms with E-state index >= 15 is 0 Å². The van der Waals surface area contributed by atoms with Crippen LogP contribution in [0.3, 0.4) is 0 Å². The lowest BCUT2D eigenvalue weighted by molar-refractivity contribution is -0.122. The monoisotopic (exact) mass is 444 g/mol. The van der Waals surface area contributed by atoms with E-state index in [-0.39, 0.29) is 17.1 Å². The number of benzene rings is 2. The molecule has 0 aliphatic carbocycles. The highest BCUT2D eigenvalue weighted by atomic mass is 79.9. The molecular formula is C20H17BrN2O5. The number of imide groups is 2. The van der Waals surface area contributed by atoms with Crippen LogP contribution in [0.5, 0.6) is 11.5 Å². The fourth-order valence-electron chi connectivity index (χ4n) is 2.96. The molecule has 2 aromatic carbocycles. The van der Waals surface area contributed by atoms with Crippen molar-refractivity contribution in [3.63, 3.8) is 0 Å². The van der Waals surface area contributed by atoms with E-state index in [0.717, 1.165) is 16.0 Å². The van der Waals surface area contributed by atoms with Crippen molar-refractivity contribution in [2.75, 3.05) is 12.0 Å². The van der Waals surface area contributed by atoms with E-state index in [0.29, 0.717) is 15.7 Å². The Hall–Kier alpha value is -3.13. The molecule has 0 bridgehead atoms. The molecule has 1 aliphatic rings. The standard InChI is InChI=1S/C20H17BrN2O5/c1-10-4-11(2)6-13(5-10)23-19(26)14(18(25)22-20(23)27)7-12-8-17(28-3)16(24)9-15(12)21/h4-9,24H,1-3H3,(H,22,25,27)/b14-7+. The lowest BCUT2D eigenvalue weighted by Gasteiger charge is -2.27. The zero-order chi connectivity index (χ0) is 20.6. The van der Waals surface area contributed by atoms with E-state index < -0.39 is 17.8 Å². The van der Waals surface area contributed by atoms with Crippen molar-refractivity contribution < 1.29 is 24.2 Å². The van der Waals surface area contributed by atoms with Crippen molar-refractivity contribution in [1.29, 1.82) is 0 Å². The highest BCUT2D eigenvalue weighted by Gasteiger charge is 2.37. The number of carbonyl (C=O) groups excluding carboxylic acids is 3. The molecule has 3 rings (SSSR count). The number of phenols is 1. The fourth-order valence-corrected chi connectivity index (χ4v) is 3.41. The predicted molar refractivity (Wildman–Crippen MR) is 107 cm³/mol. The highest BCUT2D eigenvalue weighted by Crippen LogP contribution is 2.34. The summed E-state index contributed by atoms with van der Waals surface area (Å²) < 4.78 is 5.52. The van der Waals surface area contributed by atoms with Gasteiger partial charge in [0, 0.05) is 4.47 Å². The number of aryl methyl sites for hydroxylation is 2. The topological polar surface area (TPSA) is 95.9 Å². The molecule has 7 nitrogen and oxygen atoms in total. The number of nitrogens with zero attached hydrogens (tertiary/aromatic N) is 1. The smallest absolute Gasteiger partial charge is 0.335 e. The summed E-state index contributed by atoms with van der Waals surface area (Å²) in [5.74, 6) is -1.45. The van der Waals surface area contributed by atoms with Crippen LogP contribution in [0.25, 0.3) is 6.08 Å². The molecule has 0 radical (unpaired) electrons. The molecule has 0 atom stereocenters. The summed E-state index contributed by atoms with van der Waals surface area (Å²) in [6.45, 7) is 3.70. The van der Waals surface area contributed by atoms with Crippen LogP contribution in [0.2, 0.25) is 0 Å². The first-order chi connectivity index (χ1) is 13.2. The van der Waals surface area contributed by atoms with Gasteiger partial charge in [-0.1, -0.05) is 22.0 Å². The second-order valence-corrected chi connectivity index (χ2v) is 7.20. The van der Waals surface area contributed by atoms with Crippen molar-refractivity contribution >= 4 is 45.5 Å². The number of phenolic OH excluding ortho intramolecular Hbond substituents is 1. The predicted octanol–water partition coefficient (Wildman–Crippen LogP) is 3.45. The second-order valence-electron chi connectivity index (χ2n) is 6.35. The van der Waals surface area contributed by atoms with E-state index in [1.165, 1.54) is 25.3 Å². The summed E-state index contributed by atoms with van der Waals surface area (Å²) in [5, 5.41) is 12.0. The number of amides is 4. The minimum absolute atomic E-state index is 0.0945. The third-order valence-corrected chi connectivity index (χ3v) is 4.85. The average molecular weight is 445 g/mol. The third-order valence-electron chi connectivity index (χ3n) is 4.16. The van der Waals surface area contributed by atoms with Gasteiger partial charge >= 0.3 is 6.03 Å². The highest BCUT2D eigenvalue weighted by molar-refractivity contribution is 9.10. The normalized spacial score (nSPS) is 15.8. The largest absolute Gasteiger partial charge is 0.504 e. The van der Waals surface area contributed by atoms with Gasteiger partial charge in [-0.25, -0.2) is 9.69 Å². The quantitative estimate of drug-likeness (QED) is 0.558. The molecule has 0 spiro atoms. The van der Waals surface area contributed by atoms with Crippen LogP contribution in [0.4, 0.5) is 10.5 Å². The Morgan fingerprint density at radius 2 is 1.71 bits per heavy atom. The maximum atomic E-state index is 13.0. The molecule has 2 aromatic rings. The molecule has 1 fully saturated rings. The molecule has 2 N–H and O–H groups in total. The summed E-state index contributed by atoms with van der Waals surface area (Å²) in [4.78, 5) is 38.6. The number of nitrogens with one attached hydrogen (secondary N) is 1. The Kier molecular flexibility index (Phi) is 5.24. The Bertz CT molecular complexity index is 1020. The van der Waals surface area contributed by atoms with Crippen LogP contribution in [-0.2, 0) is 9.59 Å². The molecule has 8 heteroatoms. The van der Waals surface area contributed by atoms with Gasteiger partial charge in [-0.05, 0) is 60.9 Å². The molecule has 28 heavy (non-hydrogen) atoms. The summed E-state index contributed by atoms with van der Waals surface area (Å²) in [5.41, 5.74) is 2.35. The molecule has 0 unspecified atom stereocenters. The van der Waals surface area contributed by atoms with E-state index in [1.54, 1.807) is 12.1 Å². The molecular weight excluding hydrogens is 428 g/mol. The van der Waals surface area contributed by atoms with Crippen LogP contribution in [0.15, 0.2) is 40.4 Å². The van der Waals surface area contributed by atoms with Crippen molar-refractivity contribution in [3.05, 3.63) is 57.1 Å². The maximum Gasteiger partial charge on any atom is 0.335 e. The van der Waals surface area contributed by atoms with Gasteiger partial charge in [-0.15, -0.1) is 0 Å². The summed E-state index contributed by atoms with van der Waals surface area (Å²) in [6.07, 6.45) is 1.34. The number of halogens is 1. The van der Waals surface area contributed by atoms with E-state index in [1.807, 2.05) is 19.9 Å². The first-order valence-corrected chi connectivity index (χ1v) is 9.07. The molecule has 0 saturated carbocycles. The van der Waals surface area contributed by atoms with Gasteiger partial charge in [-0.3, -0.25) is 14.9 Å². The van der Waals surface area contributed by atoms with Crippen LogP contribution < -0.4 is 15.0 Å². The Morgan fingerprint density at radius 3 is 2.32 bits per heavy atom. The number of barbiturate groups is 1. The summed E-state index contributed by atoms with van der Waals surface area (Å²) in [6, 6.07) is 7.36. The minimum atomic E-state index is -0.806. The van der Waals surface area contributed by atoms with Gasteiger partial charge in [-0.2, -0.15) is 0 Å². The second kappa shape index (κ2) is 7.47. The van der Waals surface area contributed by atoms with Gasteiger partial charge in [0.2, 0.25) is 0 Å². The van der Waals surface area contributed by atoms with E-state index in [2.05, 4.69) is 21.2 Å². The van der Waals surface area contributed by atoms with Crippen molar-refractivity contribution in [2.24, 2.45) is 0 Å². The van der Waals surface area contributed by atoms with E-state index in [4.69, 9.17) is 4.74 Å². The molecule has 1 heterocycles. The number of hydrogen-bond acceptors (Lipinski definition) is 5. The van der Waals surface area contributed by atoms with E-state index in [9.17, 15) is 19.5 Å². The lowest BCUT2D eigenvalue weighted by atomic mass is 10.0. The van der Waals surface area contributed by atoms with Gasteiger partial charge in [0.1, 0.15) is 5.57 Å². The zero-order valence-electron chi connectivity index (χ0n) is 15.4. The SMILES string of the molecule is COc1cc(/C=C2\C(=O)NC(=O)N(c3cc(C)cc(C)c3)C2=O)c(Br)cc1O. The fraction of sp³-hybridized carbons (Fsp3) is 0.150. The number of ether oxygens (including phenoxy) is 1. The average Bonchev–Trinajstić information content (AvgIpc) is 2.59. The summed E-state index contributed by atoms with van der Waals surface area (Å²) >= 11 is 3.28. The van der Waals surface area contributed by atoms with Crippen LogP contribution in [0.1, 0.15) is 16.7 Å². The third kappa shape index (κ3) is 3.63. The first kappa shape index (κ1) is 19.6. The number of urea groups is 1.